The molecule has 2 aliphatic carbocycles. The zero-order chi connectivity index (χ0) is 14.4. The van der Waals surface area contributed by atoms with Gasteiger partial charge in [-0.1, -0.05) is 13.3 Å². The average molecular weight is 282 g/mol. The highest BCUT2D eigenvalue weighted by molar-refractivity contribution is 5.77. The summed E-state index contributed by atoms with van der Waals surface area (Å²) in [7, 11) is 1.50. The quantitative estimate of drug-likeness (QED) is 0.694. The third-order valence-corrected chi connectivity index (χ3v) is 6.20. The summed E-state index contributed by atoms with van der Waals surface area (Å²) in [6.07, 6.45) is 6.11. The molecule has 3 fully saturated rings. The Balaban J connectivity index is 2.00. The lowest BCUT2D eigenvalue weighted by Crippen LogP contribution is -2.61. The van der Waals surface area contributed by atoms with Crippen molar-refractivity contribution < 1.29 is 19.0 Å². The van der Waals surface area contributed by atoms with Crippen LogP contribution in [0.1, 0.15) is 52.4 Å². The third kappa shape index (κ3) is 1.70. The van der Waals surface area contributed by atoms with Crippen molar-refractivity contribution in [3.05, 3.63) is 0 Å². The largest absolute Gasteiger partial charge is 0.469 e. The van der Waals surface area contributed by atoms with E-state index in [2.05, 4.69) is 13.8 Å². The van der Waals surface area contributed by atoms with Crippen molar-refractivity contribution in [2.75, 3.05) is 20.3 Å². The number of rotatable bonds is 1. The minimum absolute atomic E-state index is 0.0662. The smallest absolute Gasteiger partial charge is 0.311 e. The van der Waals surface area contributed by atoms with Gasteiger partial charge in [-0.05, 0) is 38.5 Å². The summed E-state index contributed by atoms with van der Waals surface area (Å²) in [5.74, 6) is -0.252. The molecule has 3 rings (SSSR count). The third-order valence-electron chi connectivity index (χ3n) is 6.20. The zero-order valence-electron chi connectivity index (χ0n) is 12.9. The summed E-state index contributed by atoms with van der Waals surface area (Å²) >= 11 is 0. The molecule has 0 amide bonds. The highest BCUT2D eigenvalue weighted by Gasteiger charge is 2.65. The minimum atomic E-state index is -0.467. The second-order valence-corrected chi connectivity index (χ2v) is 7.07. The standard InChI is InChI=1S/C16H26O4/c1-14(13(17)18-3)7-5-8-15(2)12(14)6-4-9-16(15)19-10-11-20-16/h12H,4-11H2,1-3H3/t12?,14-,15-/m1/s1. The van der Waals surface area contributed by atoms with E-state index >= 15 is 0 Å². The predicted molar refractivity (Wildman–Crippen MR) is 74.1 cm³/mol. The Morgan fingerprint density at radius 3 is 2.45 bits per heavy atom. The fourth-order valence-electron chi connectivity index (χ4n) is 5.20. The Bertz CT molecular complexity index is 401. The van der Waals surface area contributed by atoms with Crippen LogP contribution in [0.25, 0.3) is 0 Å². The SMILES string of the molecule is COC(=O)[C@]1(C)CCC[C@]2(C)C1CCCC21OCCO1. The van der Waals surface area contributed by atoms with Gasteiger partial charge in [-0.15, -0.1) is 0 Å². The summed E-state index contributed by atoms with van der Waals surface area (Å²) in [5.41, 5.74) is -0.479. The number of esters is 1. The number of carbonyl (C=O) groups is 1. The van der Waals surface area contributed by atoms with Gasteiger partial charge in [-0.2, -0.15) is 0 Å². The first-order valence-corrected chi connectivity index (χ1v) is 7.85. The van der Waals surface area contributed by atoms with Gasteiger partial charge in [0.25, 0.3) is 0 Å². The molecule has 1 saturated heterocycles. The second-order valence-electron chi connectivity index (χ2n) is 7.07. The Labute approximate surface area is 121 Å². The zero-order valence-corrected chi connectivity index (χ0v) is 12.9. The van der Waals surface area contributed by atoms with Gasteiger partial charge >= 0.3 is 5.97 Å². The molecule has 0 aromatic rings. The molecule has 1 aliphatic heterocycles. The molecule has 0 N–H and O–H groups in total. The molecule has 0 radical (unpaired) electrons. The Kier molecular flexibility index (Phi) is 3.37. The molecule has 4 nitrogen and oxygen atoms in total. The molecule has 3 aliphatic rings. The van der Waals surface area contributed by atoms with Crippen LogP contribution in [0.5, 0.6) is 0 Å². The number of methoxy groups -OCH3 is 1. The lowest BCUT2D eigenvalue weighted by atomic mass is 9.49. The maximum Gasteiger partial charge on any atom is 0.311 e. The summed E-state index contributed by atoms with van der Waals surface area (Å²) in [6.45, 7) is 5.70. The van der Waals surface area contributed by atoms with Crippen LogP contribution in [-0.2, 0) is 19.0 Å². The van der Waals surface area contributed by atoms with Crippen molar-refractivity contribution in [2.45, 2.75) is 58.2 Å². The number of ether oxygens (including phenoxy) is 3. The topological polar surface area (TPSA) is 44.8 Å². The molecule has 4 heteroatoms. The molecule has 3 atom stereocenters. The van der Waals surface area contributed by atoms with E-state index in [0.29, 0.717) is 13.2 Å². The molecular formula is C16H26O4. The van der Waals surface area contributed by atoms with Gasteiger partial charge in [0, 0.05) is 11.8 Å². The molecule has 20 heavy (non-hydrogen) atoms. The monoisotopic (exact) mass is 282 g/mol. The van der Waals surface area contributed by atoms with Crippen LogP contribution in [-0.4, -0.2) is 32.1 Å². The van der Waals surface area contributed by atoms with Crippen molar-refractivity contribution in [3.63, 3.8) is 0 Å². The van der Waals surface area contributed by atoms with Crippen molar-refractivity contribution >= 4 is 5.97 Å². The van der Waals surface area contributed by atoms with E-state index in [4.69, 9.17) is 14.2 Å². The summed E-state index contributed by atoms with van der Waals surface area (Å²) in [4.78, 5) is 12.4. The molecule has 1 heterocycles. The van der Waals surface area contributed by atoms with Crippen LogP contribution < -0.4 is 0 Å². The van der Waals surface area contributed by atoms with Crippen LogP contribution in [0.2, 0.25) is 0 Å². The van der Waals surface area contributed by atoms with Crippen molar-refractivity contribution in [1.29, 1.82) is 0 Å². The first-order chi connectivity index (χ1) is 9.48. The van der Waals surface area contributed by atoms with Gasteiger partial charge in [0.1, 0.15) is 0 Å². The number of hydrogen-bond donors (Lipinski definition) is 0. The van der Waals surface area contributed by atoms with Crippen LogP contribution in [0.4, 0.5) is 0 Å². The number of carbonyl (C=O) groups excluding carboxylic acids is 1. The van der Waals surface area contributed by atoms with E-state index < -0.39 is 11.2 Å². The minimum Gasteiger partial charge on any atom is -0.469 e. The fraction of sp³-hybridized carbons (Fsp3) is 0.938. The summed E-state index contributed by atoms with van der Waals surface area (Å²) in [6, 6.07) is 0. The molecule has 1 spiro atoms. The summed E-state index contributed by atoms with van der Waals surface area (Å²) in [5, 5.41) is 0. The Morgan fingerprint density at radius 2 is 1.80 bits per heavy atom. The van der Waals surface area contributed by atoms with Gasteiger partial charge < -0.3 is 14.2 Å². The van der Waals surface area contributed by atoms with Crippen LogP contribution in [0, 0.1) is 16.7 Å². The van der Waals surface area contributed by atoms with E-state index in [1.54, 1.807) is 0 Å². The lowest BCUT2D eigenvalue weighted by molar-refractivity contribution is -0.290. The predicted octanol–water partition coefficient (Wildman–Crippen LogP) is 2.90. The van der Waals surface area contributed by atoms with E-state index in [1.807, 2.05) is 0 Å². The first kappa shape index (κ1) is 14.3. The molecule has 2 saturated carbocycles. The molecule has 0 aromatic carbocycles. The first-order valence-electron chi connectivity index (χ1n) is 7.85. The van der Waals surface area contributed by atoms with Gasteiger partial charge in [-0.25, -0.2) is 0 Å². The maximum absolute atomic E-state index is 12.4. The maximum atomic E-state index is 12.4. The molecule has 114 valence electrons. The number of fused-ring (bicyclic) bond motifs is 2. The van der Waals surface area contributed by atoms with Crippen LogP contribution >= 0.6 is 0 Å². The fourth-order valence-corrected chi connectivity index (χ4v) is 5.20. The van der Waals surface area contributed by atoms with Gasteiger partial charge in [0.15, 0.2) is 5.79 Å². The number of hydrogen-bond acceptors (Lipinski definition) is 4. The Morgan fingerprint density at radius 1 is 1.10 bits per heavy atom. The second kappa shape index (κ2) is 4.70. The van der Waals surface area contributed by atoms with Gasteiger partial charge in [0.2, 0.25) is 0 Å². The molecule has 0 aromatic heterocycles. The van der Waals surface area contributed by atoms with Gasteiger partial charge in [-0.3, -0.25) is 4.79 Å². The van der Waals surface area contributed by atoms with Crippen LogP contribution in [0.15, 0.2) is 0 Å². The lowest BCUT2D eigenvalue weighted by Gasteiger charge is -2.59. The normalized spacial score (nSPS) is 43.2. The highest BCUT2D eigenvalue weighted by atomic mass is 16.7. The van der Waals surface area contributed by atoms with E-state index in [9.17, 15) is 4.79 Å². The van der Waals surface area contributed by atoms with Crippen LogP contribution in [0.3, 0.4) is 0 Å². The van der Waals surface area contributed by atoms with E-state index in [1.165, 1.54) is 7.11 Å². The van der Waals surface area contributed by atoms with Crippen molar-refractivity contribution in [1.82, 2.24) is 0 Å². The Hall–Kier alpha value is -0.610. The van der Waals surface area contributed by atoms with Gasteiger partial charge in [0.05, 0.1) is 25.7 Å². The highest BCUT2D eigenvalue weighted by Crippen LogP contribution is 2.63. The molecular weight excluding hydrogens is 256 g/mol. The summed E-state index contributed by atoms with van der Waals surface area (Å²) < 4.78 is 17.3. The van der Waals surface area contributed by atoms with E-state index in [-0.39, 0.29) is 17.3 Å². The van der Waals surface area contributed by atoms with Crippen molar-refractivity contribution in [2.24, 2.45) is 16.7 Å². The average Bonchev–Trinajstić information content (AvgIpc) is 2.90. The molecule has 1 unspecified atom stereocenters. The molecule has 0 bridgehead atoms. The van der Waals surface area contributed by atoms with E-state index in [0.717, 1.165) is 38.5 Å². The van der Waals surface area contributed by atoms with Crippen molar-refractivity contribution in [3.8, 4) is 0 Å².